The zero-order valence-electron chi connectivity index (χ0n) is 14.3. The van der Waals surface area contributed by atoms with E-state index < -0.39 is 0 Å². The summed E-state index contributed by atoms with van der Waals surface area (Å²) in [5.74, 6) is 0.0442. The van der Waals surface area contributed by atoms with Crippen LogP contribution in [0.15, 0.2) is 30.3 Å². The highest BCUT2D eigenvalue weighted by molar-refractivity contribution is 5.80. The molecule has 1 saturated heterocycles. The maximum Gasteiger partial charge on any atom is 0.234 e. The third-order valence-electron chi connectivity index (χ3n) is 4.43. The van der Waals surface area contributed by atoms with Gasteiger partial charge in [-0.15, -0.1) is 0 Å². The number of benzene rings is 1. The minimum atomic E-state index is -0.209. The van der Waals surface area contributed by atoms with Crippen LogP contribution >= 0.6 is 0 Å². The lowest BCUT2D eigenvalue weighted by atomic mass is 10.0. The van der Waals surface area contributed by atoms with Gasteiger partial charge in [0.25, 0.3) is 0 Å². The molecule has 1 heterocycles. The fourth-order valence-electron chi connectivity index (χ4n) is 2.75. The fraction of sp³-hybridized carbons (Fsp3) is 0.556. The van der Waals surface area contributed by atoms with Crippen molar-refractivity contribution in [3.05, 3.63) is 35.9 Å². The summed E-state index contributed by atoms with van der Waals surface area (Å²) in [6.45, 7) is 7.65. The first kappa shape index (κ1) is 17.5. The fourth-order valence-corrected chi connectivity index (χ4v) is 2.75. The Hall–Kier alpha value is -1.88. The maximum absolute atomic E-state index is 12.4. The normalized spacial score (nSPS) is 19.8. The van der Waals surface area contributed by atoms with Crippen LogP contribution in [0.4, 0.5) is 0 Å². The molecule has 1 aromatic rings. The molecule has 0 unspecified atom stereocenters. The number of nitrogens with zero attached hydrogens (tertiary/aromatic N) is 1. The predicted molar refractivity (Wildman–Crippen MR) is 90.9 cm³/mol. The lowest BCUT2D eigenvalue weighted by Crippen LogP contribution is -2.48. The molecule has 2 N–H and O–H groups in total. The summed E-state index contributed by atoms with van der Waals surface area (Å²) in [5, 5.41) is 5.97. The number of carbonyl (C=O) groups is 2. The quantitative estimate of drug-likeness (QED) is 0.871. The molecule has 126 valence electrons. The second-order valence-electron chi connectivity index (χ2n) is 6.74. The van der Waals surface area contributed by atoms with Crippen LogP contribution < -0.4 is 10.6 Å². The first-order chi connectivity index (χ1) is 10.9. The van der Waals surface area contributed by atoms with Crippen LogP contribution in [-0.4, -0.2) is 41.9 Å². The van der Waals surface area contributed by atoms with Crippen molar-refractivity contribution in [2.75, 3.05) is 19.6 Å². The highest BCUT2D eigenvalue weighted by Crippen LogP contribution is 2.25. The first-order valence-corrected chi connectivity index (χ1v) is 8.28. The summed E-state index contributed by atoms with van der Waals surface area (Å²) in [6.07, 6.45) is 1.26. The minimum Gasteiger partial charge on any atom is -0.355 e. The van der Waals surface area contributed by atoms with Crippen molar-refractivity contribution in [2.45, 2.75) is 45.2 Å². The van der Waals surface area contributed by atoms with E-state index in [0.717, 1.165) is 12.0 Å². The Balaban J connectivity index is 2.12. The van der Waals surface area contributed by atoms with Gasteiger partial charge in [-0.25, -0.2) is 0 Å². The zero-order chi connectivity index (χ0) is 16.9. The molecule has 1 aliphatic rings. The van der Waals surface area contributed by atoms with E-state index in [-0.39, 0.29) is 23.4 Å². The van der Waals surface area contributed by atoms with Gasteiger partial charge in [-0.05, 0) is 25.8 Å². The third kappa shape index (κ3) is 5.06. The van der Waals surface area contributed by atoms with Crippen molar-refractivity contribution >= 4 is 11.8 Å². The topological polar surface area (TPSA) is 61.4 Å². The van der Waals surface area contributed by atoms with Gasteiger partial charge in [0.15, 0.2) is 0 Å². The van der Waals surface area contributed by atoms with Gasteiger partial charge in [0.2, 0.25) is 11.8 Å². The van der Waals surface area contributed by atoms with Gasteiger partial charge in [0, 0.05) is 31.1 Å². The molecule has 5 heteroatoms. The van der Waals surface area contributed by atoms with Crippen LogP contribution in [0.1, 0.15) is 45.2 Å². The average molecular weight is 317 g/mol. The van der Waals surface area contributed by atoms with Crippen LogP contribution in [0.5, 0.6) is 0 Å². The molecule has 1 aliphatic heterocycles. The summed E-state index contributed by atoms with van der Waals surface area (Å²) in [6, 6.07) is 9.87. The predicted octanol–water partition coefficient (Wildman–Crippen LogP) is 1.85. The molecule has 1 atom stereocenters. The summed E-state index contributed by atoms with van der Waals surface area (Å²) in [4.78, 5) is 26.4. The third-order valence-corrected chi connectivity index (χ3v) is 4.43. The van der Waals surface area contributed by atoms with E-state index >= 15 is 0 Å². The number of hydrogen-bond donors (Lipinski definition) is 2. The molecule has 1 fully saturated rings. The van der Waals surface area contributed by atoms with Gasteiger partial charge in [-0.3, -0.25) is 14.5 Å². The van der Waals surface area contributed by atoms with E-state index in [1.807, 2.05) is 44.2 Å². The summed E-state index contributed by atoms with van der Waals surface area (Å²) < 4.78 is 0. The Kier molecular flexibility index (Phi) is 5.77. The molecule has 0 spiro atoms. The Morgan fingerprint density at radius 3 is 2.70 bits per heavy atom. The van der Waals surface area contributed by atoms with E-state index in [0.29, 0.717) is 26.1 Å². The Bertz CT molecular complexity index is 542. The van der Waals surface area contributed by atoms with Crippen molar-refractivity contribution in [1.29, 1.82) is 0 Å². The van der Waals surface area contributed by atoms with Crippen molar-refractivity contribution in [3.63, 3.8) is 0 Å². The number of rotatable bonds is 5. The standard InChI is InChI=1S/C18H27N3O2/c1-4-18(2,3)20-17(23)13-21-11-10-19-16(22)12-15(21)14-8-6-5-7-9-14/h5-9,15H,4,10-13H2,1-3H3,(H,19,22)(H,20,23)/t15-/m1/s1. The Morgan fingerprint density at radius 2 is 2.04 bits per heavy atom. The number of carbonyl (C=O) groups excluding carboxylic acids is 2. The van der Waals surface area contributed by atoms with Crippen molar-refractivity contribution in [3.8, 4) is 0 Å². The minimum absolute atomic E-state index is 0.00660. The van der Waals surface area contributed by atoms with Crippen LogP contribution in [-0.2, 0) is 9.59 Å². The van der Waals surface area contributed by atoms with Crippen LogP contribution in [0.2, 0.25) is 0 Å². The maximum atomic E-state index is 12.4. The molecule has 1 aromatic carbocycles. The van der Waals surface area contributed by atoms with Crippen LogP contribution in [0, 0.1) is 0 Å². The molecule has 2 rings (SSSR count). The number of amides is 2. The van der Waals surface area contributed by atoms with Gasteiger partial charge in [0.05, 0.1) is 6.54 Å². The van der Waals surface area contributed by atoms with E-state index in [1.54, 1.807) is 0 Å². The zero-order valence-corrected chi connectivity index (χ0v) is 14.3. The SMILES string of the molecule is CCC(C)(C)NC(=O)CN1CCNC(=O)C[C@@H]1c1ccccc1. The molecule has 0 bridgehead atoms. The molecule has 0 saturated carbocycles. The Morgan fingerprint density at radius 1 is 1.35 bits per heavy atom. The molecule has 0 aromatic heterocycles. The molecular weight excluding hydrogens is 290 g/mol. The molecular formula is C18H27N3O2. The first-order valence-electron chi connectivity index (χ1n) is 8.28. The second kappa shape index (κ2) is 7.59. The number of nitrogens with one attached hydrogen (secondary N) is 2. The second-order valence-corrected chi connectivity index (χ2v) is 6.74. The smallest absolute Gasteiger partial charge is 0.234 e. The van der Waals surface area contributed by atoms with Crippen molar-refractivity contribution in [1.82, 2.24) is 15.5 Å². The highest BCUT2D eigenvalue weighted by atomic mass is 16.2. The van der Waals surface area contributed by atoms with E-state index in [9.17, 15) is 9.59 Å². The highest BCUT2D eigenvalue weighted by Gasteiger charge is 2.28. The summed E-state index contributed by atoms with van der Waals surface area (Å²) in [5.41, 5.74) is 0.867. The van der Waals surface area contributed by atoms with Gasteiger partial charge < -0.3 is 10.6 Å². The molecule has 0 radical (unpaired) electrons. The molecule has 0 aliphatic carbocycles. The van der Waals surface area contributed by atoms with Crippen molar-refractivity contribution in [2.24, 2.45) is 0 Å². The monoisotopic (exact) mass is 317 g/mol. The molecule has 2 amide bonds. The van der Waals surface area contributed by atoms with E-state index in [2.05, 4.69) is 22.5 Å². The Labute approximate surface area is 138 Å². The average Bonchev–Trinajstić information content (AvgIpc) is 2.69. The van der Waals surface area contributed by atoms with Crippen LogP contribution in [0.3, 0.4) is 0 Å². The molecule has 5 nitrogen and oxygen atoms in total. The lowest BCUT2D eigenvalue weighted by Gasteiger charge is -2.31. The van der Waals surface area contributed by atoms with Gasteiger partial charge in [0.1, 0.15) is 0 Å². The summed E-state index contributed by atoms with van der Waals surface area (Å²) in [7, 11) is 0. The van der Waals surface area contributed by atoms with Gasteiger partial charge in [-0.1, -0.05) is 37.3 Å². The molecule has 23 heavy (non-hydrogen) atoms. The van der Waals surface area contributed by atoms with Crippen molar-refractivity contribution < 1.29 is 9.59 Å². The summed E-state index contributed by atoms with van der Waals surface area (Å²) >= 11 is 0. The lowest BCUT2D eigenvalue weighted by molar-refractivity contribution is -0.125. The number of hydrogen-bond acceptors (Lipinski definition) is 3. The largest absolute Gasteiger partial charge is 0.355 e. The van der Waals surface area contributed by atoms with Crippen LogP contribution in [0.25, 0.3) is 0 Å². The van der Waals surface area contributed by atoms with E-state index in [4.69, 9.17) is 0 Å². The van der Waals surface area contributed by atoms with Gasteiger partial charge >= 0.3 is 0 Å². The van der Waals surface area contributed by atoms with E-state index in [1.165, 1.54) is 0 Å². The van der Waals surface area contributed by atoms with Gasteiger partial charge in [-0.2, -0.15) is 0 Å².